The summed E-state index contributed by atoms with van der Waals surface area (Å²) in [5.41, 5.74) is 4.27. The second-order valence-corrected chi connectivity index (χ2v) is 5.50. The van der Waals surface area contributed by atoms with Gasteiger partial charge in [0.05, 0.1) is 5.56 Å². The van der Waals surface area contributed by atoms with Crippen LogP contribution in [-0.2, 0) is 12.6 Å². The molecule has 0 aliphatic rings. The van der Waals surface area contributed by atoms with E-state index >= 15 is 0 Å². The van der Waals surface area contributed by atoms with Crippen molar-refractivity contribution in [2.45, 2.75) is 26.4 Å². The molecule has 0 unspecified atom stereocenters. The molecule has 0 radical (unpaired) electrons. The molecule has 0 bridgehead atoms. The molecular formula is C18H16F3N3O. The smallest absolute Gasteiger partial charge is 0.417 e. The summed E-state index contributed by atoms with van der Waals surface area (Å²) < 4.78 is 43.5. The number of halogens is 3. The summed E-state index contributed by atoms with van der Waals surface area (Å²) in [4.78, 5) is 3.73. The predicted molar refractivity (Wildman–Crippen MR) is 90.7 cm³/mol. The first-order chi connectivity index (χ1) is 11.9. The minimum absolute atomic E-state index is 0.224. The highest BCUT2D eigenvalue weighted by Gasteiger charge is 2.30. The van der Waals surface area contributed by atoms with Crippen molar-refractivity contribution < 1.29 is 17.6 Å². The first kappa shape index (κ1) is 17.0. The Kier molecular flexibility index (Phi) is 4.48. The van der Waals surface area contributed by atoms with Crippen LogP contribution in [0.2, 0.25) is 0 Å². The van der Waals surface area contributed by atoms with Crippen molar-refractivity contribution in [3.8, 4) is 0 Å². The number of pyridine rings is 1. The number of hydrogen-bond acceptors (Lipinski definition) is 4. The number of furan rings is 1. The number of aryl methyl sites for hydroxylation is 1. The number of para-hydroxylation sites is 1. The zero-order valence-corrected chi connectivity index (χ0v) is 13.7. The first-order valence-corrected chi connectivity index (χ1v) is 7.74. The van der Waals surface area contributed by atoms with E-state index in [1.165, 1.54) is 6.07 Å². The van der Waals surface area contributed by atoms with Crippen LogP contribution in [-0.4, -0.2) is 10.7 Å². The molecule has 0 atom stereocenters. The lowest BCUT2D eigenvalue weighted by atomic mass is 10.1. The van der Waals surface area contributed by atoms with Crippen LogP contribution in [0.15, 0.2) is 52.1 Å². The van der Waals surface area contributed by atoms with Crippen molar-refractivity contribution >= 4 is 22.5 Å². The van der Waals surface area contributed by atoms with E-state index < -0.39 is 11.7 Å². The van der Waals surface area contributed by atoms with Gasteiger partial charge in [0.2, 0.25) is 0 Å². The van der Waals surface area contributed by atoms with Gasteiger partial charge in [0, 0.05) is 17.1 Å². The summed E-state index contributed by atoms with van der Waals surface area (Å²) in [7, 11) is 0. The molecule has 1 N–H and O–H groups in total. The Morgan fingerprint density at radius 3 is 2.60 bits per heavy atom. The molecule has 0 aliphatic heterocycles. The van der Waals surface area contributed by atoms with Crippen LogP contribution in [0.1, 0.15) is 30.7 Å². The zero-order chi connectivity index (χ0) is 18.0. The van der Waals surface area contributed by atoms with Crippen molar-refractivity contribution in [1.29, 1.82) is 0 Å². The molecular weight excluding hydrogens is 331 g/mol. The summed E-state index contributed by atoms with van der Waals surface area (Å²) in [6.07, 6.45) is -2.86. The molecule has 0 aliphatic carbocycles. The van der Waals surface area contributed by atoms with Crippen LogP contribution in [0.25, 0.3) is 11.0 Å². The predicted octanol–water partition coefficient (Wildman–Crippen LogP) is 5.25. The second kappa shape index (κ2) is 6.58. The van der Waals surface area contributed by atoms with Gasteiger partial charge in [0.15, 0.2) is 5.76 Å². The molecule has 130 valence electrons. The molecule has 7 heteroatoms. The van der Waals surface area contributed by atoms with Gasteiger partial charge in [-0.05, 0) is 31.5 Å². The first-order valence-electron chi connectivity index (χ1n) is 7.74. The SMILES string of the molecule is CCc1c(C(C)=NNc2ccc(C(F)(F)F)cn2)oc2ccccc12. The largest absolute Gasteiger partial charge is 0.454 e. The molecule has 3 rings (SSSR count). The van der Waals surface area contributed by atoms with E-state index in [0.717, 1.165) is 35.2 Å². The fraction of sp³-hybridized carbons (Fsp3) is 0.222. The number of fused-ring (bicyclic) bond motifs is 1. The Hall–Kier alpha value is -2.83. The van der Waals surface area contributed by atoms with Crippen LogP contribution in [0.3, 0.4) is 0 Å². The quantitative estimate of drug-likeness (QED) is 0.518. The lowest BCUT2D eigenvalue weighted by Crippen LogP contribution is -2.06. The number of aromatic nitrogens is 1. The molecule has 2 aromatic heterocycles. The van der Waals surface area contributed by atoms with Gasteiger partial charge in [-0.2, -0.15) is 18.3 Å². The average molecular weight is 347 g/mol. The molecule has 0 amide bonds. The third-order valence-corrected chi connectivity index (χ3v) is 3.81. The Morgan fingerprint density at radius 2 is 1.96 bits per heavy atom. The van der Waals surface area contributed by atoms with Gasteiger partial charge in [0.25, 0.3) is 0 Å². The van der Waals surface area contributed by atoms with Crippen molar-refractivity contribution in [1.82, 2.24) is 4.98 Å². The van der Waals surface area contributed by atoms with Gasteiger partial charge in [-0.25, -0.2) is 4.98 Å². The van der Waals surface area contributed by atoms with Crippen LogP contribution in [0.5, 0.6) is 0 Å². The maximum absolute atomic E-state index is 12.5. The summed E-state index contributed by atoms with van der Waals surface area (Å²) in [6.45, 7) is 3.80. The number of rotatable bonds is 4. The van der Waals surface area contributed by atoms with Crippen LogP contribution < -0.4 is 5.43 Å². The zero-order valence-electron chi connectivity index (χ0n) is 13.7. The van der Waals surface area contributed by atoms with E-state index in [2.05, 4.69) is 15.5 Å². The van der Waals surface area contributed by atoms with Crippen molar-refractivity contribution in [3.05, 3.63) is 59.5 Å². The number of nitrogens with one attached hydrogen (secondary N) is 1. The molecule has 4 nitrogen and oxygen atoms in total. The molecule has 3 aromatic rings. The van der Waals surface area contributed by atoms with Crippen molar-refractivity contribution in [3.63, 3.8) is 0 Å². The van der Waals surface area contributed by atoms with E-state index in [-0.39, 0.29) is 5.82 Å². The van der Waals surface area contributed by atoms with E-state index in [1.807, 2.05) is 31.2 Å². The van der Waals surface area contributed by atoms with E-state index in [1.54, 1.807) is 6.92 Å². The Labute approximate surface area is 142 Å². The Morgan fingerprint density at radius 1 is 1.20 bits per heavy atom. The maximum Gasteiger partial charge on any atom is 0.417 e. The number of hydrogen-bond donors (Lipinski definition) is 1. The summed E-state index contributed by atoms with van der Waals surface area (Å²) in [5.74, 6) is 0.879. The standard InChI is InChI=1S/C18H16F3N3O/c1-3-13-14-6-4-5-7-15(14)25-17(13)11(2)23-24-16-9-8-12(10-22-16)18(19,20)21/h4-10H,3H2,1-2H3,(H,22,24). The van der Waals surface area contributed by atoms with Gasteiger partial charge < -0.3 is 4.42 Å². The Balaban J connectivity index is 1.85. The summed E-state index contributed by atoms with van der Waals surface area (Å²) in [6, 6.07) is 9.90. The number of alkyl halides is 3. The number of nitrogens with zero attached hydrogens (tertiary/aromatic N) is 2. The summed E-state index contributed by atoms with van der Waals surface area (Å²) in [5, 5.41) is 5.22. The van der Waals surface area contributed by atoms with Gasteiger partial charge in [0.1, 0.15) is 17.1 Å². The van der Waals surface area contributed by atoms with Crippen molar-refractivity contribution in [2.24, 2.45) is 5.10 Å². The molecule has 0 saturated carbocycles. The molecule has 25 heavy (non-hydrogen) atoms. The fourth-order valence-corrected chi connectivity index (χ4v) is 2.56. The van der Waals surface area contributed by atoms with E-state index in [4.69, 9.17) is 4.42 Å². The highest BCUT2D eigenvalue weighted by atomic mass is 19.4. The van der Waals surface area contributed by atoms with Gasteiger partial charge in [-0.1, -0.05) is 25.1 Å². The van der Waals surface area contributed by atoms with Gasteiger partial charge >= 0.3 is 6.18 Å². The lowest BCUT2D eigenvalue weighted by molar-refractivity contribution is -0.137. The molecule has 0 spiro atoms. The third-order valence-electron chi connectivity index (χ3n) is 3.81. The highest BCUT2D eigenvalue weighted by molar-refractivity contribution is 6.02. The van der Waals surface area contributed by atoms with E-state index in [0.29, 0.717) is 11.5 Å². The normalized spacial score (nSPS) is 12.6. The summed E-state index contributed by atoms with van der Waals surface area (Å²) >= 11 is 0. The average Bonchev–Trinajstić information content (AvgIpc) is 2.98. The van der Waals surface area contributed by atoms with Gasteiger partial charge in [-0.15, -0.1) is 0 Å². The minimum atomic E-state index is -4.41. The third kappa shape index (κ3) is 3.50. The van der Waals surface area contributed by atoms with Gasteiger partial charge in [-0.3, -0.25) is 5.43 Å². The van der Waals surface area contributed by atoms with E-state index in [9.17, 15) is 13.2 Å². The van der Waals surface area contributed by atoms with Crippen LogP contribution >= 0.6 is 0 Å². The van der Waals surface area contributed by atoms with Crippen LogP contribution in [0, 0.1) is 0 Å². The van der Waals surface area contributed by atoms with Crippen LogP contribution in [0.4, 0.5) is 19.0 Å². The molecule has 0 saturated heterocycles. The molecule has 2 heterocycles. The maximum atomic E-state index is 12.5. The number of hydrazone groups is 1. The second-order valence-electron chi connectivity index (χ2n) is 5.50. The minimum Gasteiger partial charge on any atom is -0.454 e. The number of benzene rings is 1. The number of anilines is 1. The topological polar surface area (TPSA) is 50.4 Å². The Bertz CT molecular complexity index is 911. The monoisotopic (exact) mass is 347 g/mol. The molecule has 1 aromatic carbocycles. The molecule has 0 fully saturated rings. The highest BCUT2D eigenvalue weighted by Crippen LogP contribution is 2.29. The van der Waals surface area contributed by atoms with Crippen molar-refractivity contribution in [2.75, 3.05) is 5.43 Å². The fourth-order valence-electron chi connectivity index (χ4n) is 2.56. The lowest BCUT2D eigenvalue weighted by Gasteiger charge is -2.07.